The molecule has 0 radical (unpaired) electrons. The van der Waals surface area contributed by atoms with Gasteiger partial charge in [0.15, 0.2) is 0 Å². The summed E-state index contributed by atoms with van der Waals surface area (Å²) in [5.41, 5.74) is 1.74. The first-order valence-corrected chi connectivity index (χ1v) is 6.49. The normalized spacial score (nSPS) is 12.3. The van der Waals surface area contributed by atoms with Gasteiger partial charge in [-0.15, -0.1) is 0 Å². The Morgan fingerprint density at radius 2 is 2.15 bits per heavy atom. The molecule has 0 saturated carbocycles. The maximum absolute atomic E-state index is 12.1. The lowest BCUT2D eigenvalue weighted by Gasteiger charge is -2.16. The molecule has 108 valence electrons. The number of esters is 1. The molecule has 0 aliphatic carbocycles. The second kappa shape index (κ2) is 6.38. The van der Waals surface area contributed by atoms with Crippen molar-refractivity contribution in [1.29, 1.82) is 0 Å². The smallest absolute Gasteiger partial charge is 0.329 e. The van der Waals surface area contributed by atoms with Crippen LogP contribution in [0.5, 0.6) is 0 Å². The van der Waals surface area contributed by atoms with Crippen molar-refractivity contribution >= 4 is 23.0 Å². The third-order valence-electron chi connectivity index (χ3n) is 3.08. The van der Waals surface area contributed by atoms with Crippen LogP contribution in [0.3, 0.4) is 0 Å². The number of nitrogens with zero attached hydrogens (tertiary/aromatic N) is 2. The summed E-state index contributed by atoms with van der Waals surface area (Å²) >= 11 is 0. The molecule has 20 heavy (non-hydrogen) atoms. The van der Waals surface area contributed by atoms with Gasteiger partial charge in [0.05, 0.1) is 17.6 Å². The minimum atomic E-state index is -0.457. The molecule has 0 aliphatic heterocycles. The lowest BCUT2D eigenvalue weighted by molar-refractivity contribution is -0.148. The van der Waals surface area contributed by atoms with E-state index in [1.807, 2.05) is 28.8 Å². The van der Waals surface area contributed by atoms with Gasteiger partial charge in [0.25, 0.3) is 0 Å². The van der Waals surface area contributed by atoms with E-state index >= 15 is 0 Å². The van der Waals surface area contributed by atoms with Crippen LogP contribution in [0.25, 0.3) is 11.0 Å². The van der Waals surface area contributed by atoms with E-state index in [0.29, 0.717) is 12.6 Å². The Labute approximate surface area is 117 Å². The van der Waals surface area contributed by atoms with Crippen LogP contribution in [-0.4, -0.2) is 42.9 Å². The van der Waals surface area contributed by atoms with Crippen LogP contribution >= 0.6 is 0 Å². The van der Waals surface area contributed by atoms with Crippen LogP contribution in [-0.2, 0) is 14.3 Å². The van der Waals surface area contributed by atoms with Crippen molar-refractivity contribution < 1.29 is 14.3 Å². The maximum atomic E-state index is 12.1. The summed E-state index contributed by atoms with van der Waals surface area (Å²) < 4.78 is 11.9. The summed E-state index contributed by atoms with van der Waals surface area (Å²) in [6.45, 7) is 2.44. The van der Waals surface area contributed by atoms with E-state index in [0.717, 1.165) is 11.0 Å². The largest absolute Gasteiger partial charge is 0.462 e. The van der Waals surface area contributed by atoms with Crippen molar-refractivity contribution in [2.75, 3.05) is 32.7 Å². The number of nitrogens with one attached hydrogen (secondary N) is 1. The average Bonchev–Trinajstić information content (AvgIpc) is 2.85. The van der Waals surface area contributed by atoms with Gasteiger partial charge in [-0.3, -0.25) is 4.57 Å². The molecule has 1 heterocycles. The Morgan fingerprint density at radius 1 is 1.40 bits per heavy atom. The molecule has 6 heteroatoms. The molecule has 6 nitrogen and oxygen atoms in total. The molecule has 0 spiro atoms. The molecule has 0 amide bonds. The Morgan fingerprint density at radius 3 is 2.85 bits per heavy atom. The van der Waals surface area contributed by atoms with Gasteiger partial charge in [0.1, 0.15) is 12.6 Å². The number of carbonyl (C=O) groups is 1. The first-order chi connectivity index (χ1) is 9.69. The third kappa shape index (κ3) is 2.75. The van der Waals surface area contributed by atoms with Gasteiger partial charge in [-0.2, -0.15) is 0 Å². The van der Waals surface area contributed by atoms with Gasteiger partial charge in [0.2, 0.25) is 5.95 Å². The van der Waals surface area contributed by atoms with E-state index in [1.54, 1.807) is 21.1 Å². The molecule has 1 aromatic carbocycles. The molecule has 1 atom stereocenters. The molecule has 0 saturated heterocycles. The fourth-order valence-corrected chi connectivity index (χ4v) is 2.06. The number of hydrogen-bond acceptors (Lipinski definition) is 5. The van der Waals surface area contributed by atoms with E-state index in [4.69, 9.17) is 9.47 Å². The van der Waals surface area contributed by atoms with E-state index in [9.17, 15) is 4.79 Å². The monoisotopic (exact) mass is 277 g/mol. The Balaban J connectivity index is 2.28. The number of carbonyl (C=O) groups excluding carboxylic acids is 1. The SMILES string of the molecule is CNc1nc2ccccc2n1C(C)C(=O)OCCOC. The quantitative estimate of drug-likeness (QED) is 0.644. The minimum absolute atomic E-state index is 0.251. The number of aromatic nitrogens is 2. The molecular weight excluding hydrogens is 258 g/mol. The average molecular weight is 277 g/mol. The molecular formula is C14H19N3O3. The van der Waals surface area contributed by atoms with Crippen molar-refractivity contribution in [3.8, 4) is 0 Å². The van der Waals surface area contributed by atoms with Crippen LogP contribution in [0.2, 0.25) is 0 Å². The number of hydrogen-bond donors (Lipinski definition) is 1. The predicted molar refractivity (Wildman–Crippen MR) is 76.8 cm³/mol. The standard InChI is InChI=1S/C14H19N3O3/c1-10(13(18)20-9-8-19-3)17-12-7-5-4-6-11(12)16-14(17)15-2/h4-7,10H,8-9H2,1-3H3,(H,15,16). The fourth-order valence-electron chi connectivity index (χ4n) is 2.06. The van der Waals surface area contributed by atoms with Crippen molar-refractivity contribution in [2.45, 2.75) is 13.0 Å². The summed E-state index contributed by atoms with van der Waals surface area (Å²) in [7, 11) is 3.35. The zero-order chi connectivity index (χ0) is 14.5. The number of fused-ring (bicyclic) bond motifs is 1. The third-order valence-corrected chi connectivity index (χ3v) is 3.08. The number of rotatable bonds is 6. The van der Waals surface area contributed by atoms with Crippen molar-refractivity contribution in [1.82, 2.24) is 9.55 Å². The Bertz CT molecular complexity index is 594. The second-order valence-corrected chi connectivity index (χ2v) is 4.38. The molecule has 1 N–H and O–H groups in total. The van der Waals surface area contributed by atoms with E-state index < -0.39 is 6.04 Å². The summed E-state index contributed by atoms with van der Waals surface area (Å²) in [6.07, 6.45) is 0. The van der Waals surface area contributed by atoms with E-state index in [2.05, 4.69) is 10.3 Å². The number of para-hydroxylation sites is 2. The summed E-state index contributed by atoms with van der Waals surface area (Å²) in [6, 6.07) is 7.23. The number of methoxy groups -OCH3 is 1. The zero-order valence-corrected chi connectivity index (χ0v) is 11.9. The van der Waals surface area contributed by atoms with Gasteiger partial charge in [-0.05, 0) is 19.1 Å². The maximum Gasteiger partial charge on any atom is 0.329 e. The lowest BCUT2D eigenvalue weighted by atomic mass is 10.3. The molecule has 2 aromatic rings. The first kappa shape index (κ1) is 14.3. The van der Waals surface area contributed by atoms with Crippen molar-refractivity contribution in [3.05, 3.63) is 24.3 Å². The summed E-state index contributed by atoms with van der Waals surface area (Å²) in [5.74, 6) is 0.337. The van der Waals surface area contributed by atoms with Crippen molar-refractivity contribution in [3.63, 3.8) is 0 Å². The first-order valence-electron chi connectivity index (χ1n) is 6.49. The molecule has 1 aromatic heterocycles. The highest BCUT2D eigenvalue weighted by atomic mass is 16.6. The van der Waals surface area contributed by atoms with Crippen LogP contribution in [0.15, 0.2) is 24.3 Å². The molecule has 0 aliphatic rings. The molecule has 2 rings (SSSR count). The second-order valence-electron chi connectivity index (χ2n) is 4.38. The van der Waals surface area contributed by atoms with Crippen LogP contribution in [0.1, 0.15) is 13.0 Å². The van der Waals surface area contributed by atoms with Crippen LogP contribution < -0.4 is 5.32 Å². The zero-order valence-electron chi connectivity index (χ0n) is 11.9. The molecule has 0 bridgehead atoms. The minimum Gasteiger partial charge on any atom is -0.462 e. The highest BCUT2D eigenvalue weighted by molar-refractivity contribution is 5.83. The molecule has 0 fully saturated rings. The van der Waals surface area contributed by atoms with Gasteiger partial charge in [0, 0.05) is 14.2 Å². The van der Waals surface area contributed by atoms with Crippen molar-refractivity contribution in [2.24, 2.45) is 0 Å². The number of benzene rings is 1. The number of ether oxygens (including phenoxy) is 2. The summed E-state index contributed by atoms with van der Waals surface area (Å²) in [5, 5.41) is 3.01. The predicted octanol–water partition coefficient (Wildman–Crippen LogP) is 1.83. The summed E-state index contributed by atoms with van der Waals surface area (Å²) in [4.78, 5) is 16.5. The topological polar surface area (TPSA) is 65.4 Å². The fraction of sp³-hybridized carbons (Fsp3) is 0.429. The Kier molecular flexibility index (Phi) is 4.57. The lowest BCUT2D eigenvalue weighted by Crippen LogP contribution is -2.22. The Hall–Kier alpha value is -2.08. The van der Waals surface area contributed by atoms with Crippen LogP contribution in [0, 0.1) is 0 Å². The van der Waals surface area contributed by atoms with Gasteiger partial charge < -0.3 is 14.8 Å². The van der Waals surface area contributed by atoms with E-state index in [1.165, 1.54) is 0 Å². The highest BCUT2D eigenvalue weighted by Crippen LogP contribution is 2.24. The number of imidazole rings is 1. The molecule has 1 unspecified atom stereocenters. The van der Waals surface area contributed by atoms with E-state index in [-0.39, 0.29) is 12.6 Å². The van der Waals surface area contributed by atoms with Crippen LogP contribution in [0.4, 0.5) is 5.95 Å². The highest BCUT2D eigenvalue weighted by Gasteiger charge is 2.22. The van der Waals surface area contributed by atoms with Gasteiger partial charge >= 0.3 is 5.97 Å². The van der Waals surface area contributed by atoms with Gasteiger partial charge in [-0.1, -0.05) is 12.1 Å². The van der Waals surface area contributed by atoms with Gasteiger partial charge in [-0.25, -0.2) is 9.78 Å². The number of anilines is 1.